The Labute approximate surface area is 115 Å². The highest BCUT2D eigenvalue weighted by atomic mass is 32.1. The monoisotopic (exact) mass is 276 g/mol. The molecule has 1 aromatic heterocycles. The summed E-state index contributed by atoms with van der Waals surface area (Å²) in [5, 5.41) is 10.9. The summed E-state index contributed by atoms with van der Waals surface area (Å²) in [7, 11) is 1.85. The topological polar surface area (TPSA) is 54.6 Å². The van der Waals surface area contributed by atoms with Crippen LogP contribution in [0, 0.1) is 6.92 Å². The molecule has 0 aliphatic heterocycles. The van der Waals surface area contributed by atoms with Crippen molar-refractivity contribution in [1.82, 2.24) is 4.57 Å². The molecule has 1 N–H and O–H groups in total. The van der Waals surface area contributed by atoms with Crippen molar-refractivity contribution in [1.29, 1.82) is 0 Å². The minimum absolute atomic E-state index is 0.525. The van der Waals surface area contributed by atoms with Crippen LogP contribution in [0.5, 0.6) is 0 Å². The van der Waals surface area contributed by atoms with Crippen LogP contribution >= 0.6 is 11.3 Å². The van der Waals surface area contributed by atoms with Gasteiger partial charge in [-0.2, -0.15) is 0 Å². The number of aromatic nitrogens is 1. The number of thiazole rings is 1. The van der Waals surface area contributed by atoms with E-state index in [1.54, 1.807) is 6.92 Å². The van der Waals surface area contributed by atoms with E-state index in [-0.39, 0.29) is 0 Å². The Hall–Kier alpha value is -1.88. The van der Waals surface area contributed by atoms with Crippen LogP contribution in [0.4, 0.5) is 5.69 Å². The molecular weight excluding hydrogens is 260 g/mol. The first kappa shape index (κ1) is 13.5. The molecule has 0 spiro atoms. The van der Waals surface area contributed by atoms with E-state index in [0.717, 1.165) is 16.2 Å². The molecule has 0 radical (unpaired) electrons. The van der Waals surface area contributed by atoms with E-state index in [1.165, 1.54) is 16.9 Å². The third kappa shape index (κ3) is 2.93. The number of benzene rings is 1. The molecule has 0 saturated carbocycles. The van der Waals surface area contributed by atoms with Gasteiger partial charge in [-0.3, -0.25) is 4.79 Å². The van der Waals surface area contributed by atoms with E-state index in [2.05, 4.69) is 4.99 Å². The number of carboxylic acid groups (broad SMARTS) is 1. The van der Waals surface area contributed by atoms with Gasteiger partial charge in [0.25, 0.3) is 0 Å². The van der Waals surface area contributed by atoms with E-state index in [4.69, 9.17) is 5.11 Å². The highest BCUT2D eigenvalue weighted by molar-refractivity contribution is 7.07. The Bertz CT molecular complexity index is 653. The lowest BCUT2D eigenvalue weighted by Gasteiger charge is -2.06. The zero-order valence-electron chi connectivity index (χ0n) is 11.1. The van der Waals surface area contributed by atoms with Crippen LogP contribution in [0.2, 0.25) is 0 Å². The molecule has 0 bridgehead atoms. The lowest BCUT2D eigenvalue weighted by Crippen LogP contribution is -2.18. The van der Waals surface area contributed by atoms with E-state index in [1.807, 2.05) is 48.2 Å². The average Bonchev–Trinajstić information content (AvgIpc) is 2.73. The summed E-state index contributed by atoms with van der Waals surface area (Å²) in [5.41, 5.74) is 2.83. The molecule has 0 fully saturated rings. The van der Waals surface area contributed by atoms with E-state index in [9.17, 15) is 4.79 Å². The van der Waals surface area contributed by atoms with Gasteiger partial charge in [0.1, 0.15) is 0 Å². The molecular formula is C14H16N2O2S. The van der Waals surface area contributed by atoms with Crippen molar-refractivity contribution >= 4 is 23.0 Å². The van der Waals surface area contributed by atoms with E-state index < -0.39 is 11.9 Å². The summed E-state index contributed by atoms with van der Waals surface area (Å²) in [6.07, 6.45) is 0. The number of nitrogens with zero attached hydrogens (tertiary/aromatic N) is 2. The highest BCUT2D eigenvalue weighted by Gasteiger charge is 2.17. The summed E-state index contributed by atoms with van der Waals surface area (Å²) >= 11 is 1.45. The van der Waals surface area contributed by atoms with Crippen LogP contribution < -0.4 is 4.80 Å². The van der Waals surface area contributed by atoms with Crippen LogP contribution in [-0.4, -0.2) is 15.6 Å². The zero-order valence-corrected chi connectivity index (χ0v) is 11.9. The molecule has 0 amide bonds. The lowest BCUT2D eigenvalue weighted by atomic mass is 10.1. The third-order valence-electron chi connectivity index (χ3n) is 3.03. The highest BCUT2D eigenvalue weighted by Crippen LogP contribution is 2.16. The predicted molar refractivity (Wildman–Crippen MR) is 75.7 cm³/mol. The fraction of sp³-hybridized carbons (Fsp3) is 0.286. The summed E-state index contributed by atoms with van der Waals surface area (Å²) in [4.78, 5) is 16.3. The van der Waals surface area contributed by atoms with Crippen molar-refractivity contribution in [3.05, 3.63) is 45.7 Å². The first-order valence-electron chi connectivity index (χ1n) is 5.97. The van der Waals surface area contributed by atoms with Gasteiger partial charge in [-0.25, -0.2) is 4.99 Å². The molecule has 1 aromatic carbocycles. The van der Waals surface area contributed by atoms with Gasteiger partial charge in [0, 0.05) is 18.1 Å². The van der Waals surface area contributed by atoms with Gasteiger partial charge in [0.15, 0.2) is 4.80 Å². The predicted octanol–water partition coefficient (Wildman–Crippen LogP) is 2.82. The maximum Gasteiger partial charge on any atom is 0.312 e. The molecule has 0 aliphatic rings. The molecule has 100 valence electrons. The molecule has 19 heavy (non-hydrogen) atoms. The van der Waals surface area contributed by atoms with E-state index >= 15 is 0 Å². The number of carboxylic acids is 1. The maximum atomic E-state index is 11.0. The average molecular weight is 276 g/mol. The van der Waals surface area contributed by atoms with Gasteiger partial charge in [0.05, 0.1) is 11.6 Å². The van der Waals surface area contributed by atoms with Crippen molar-refractivity contribution in [3.8, 4) is 0 Å². The Morgan fingerprint density at radius 3 is 2.58 bits per heavy atom. The molecule has 4 nitrogen and oxygen atoms in total. The van der Waals surface area contributed by atoms with Gasteiger partial charge < -0.3 is 9.67 Å². The Balaban J connectivity index is 2.42. The molecule has 1 atom stereocenters. The third-order valence-corrected chi connectivity index (χ3v) is 3.97. The van der Waals surface area contributed by atoms with Crippen molar-refractivity contribution in [2.75, 3.05) is 0 Å². The molecule has 1 unspecified atom stereocenters. The van der Waals surface area contributed by atoms with Crippen LogP contribution in [-0.2, 0) is 11.8 Å². The molecule has 0 saturated heterocycles. The Morgan fingerprint density at radius 2 is 2.00 bits per heavy atom. The quantitative estimate of drug-likeness (QED) is 0.937. The Kier molecular flexibility index (Phi) is 3.85. The van der Waals surface area contributed by atoms with Crippen molar-refractivity contribution in [2.24, 2.45) is 12.0 Å². The number of rotatable bonds is 3. The molecule has 5 heteroatoms. The fourth-order valence-corrected chi connectivity index (χ4v) is 2.74. The van der Waals surface area contributed by atoms with Crippen LogP contribution in [0.1, 0.15) is 24.1 Å². The number of hydrogen-bond acceptors (Lipinski definition) is 3. The number of hydrogen-bond donors (Lipinski definition) is 1. The lowest BCUT2D eigenvalue weighted by molar-refractivity contribution is -0.138. The van der Waals surface area contributed by atoms with Gasteiger partial charge in [0.2, 0.25) is 0 Å². The van der Waals surface area contributed by atoms with Gasteiger partial charge >= 0.3 is 5.97 Å². The van der Waals surface area contributed by atoms with Crippen molar-refractivity contribution in [3.63, 3.8) is 0 Å². The van der Waals surface area contributed by atoms with Crippen LogP contribution in [0.15, 0.2) is 34.6 Å². The van der Waals surface area contributed by atoms with Gasteiger partial charge in [-0.15, -0.1) is 11.3 Å². The van der Waals surface area contributed by atoms with E-state index in [0.29, 0.717) is 0 Å². The summed E-state index contributed by atoms with van der Waals surface area (Å²) in [6.45, 7) is 3.71. The second-order valence-corrected chi connectivity index (χ2v) is 5.35. The Morgan fingerprint density at radius 1 is 1.37 bits per heavy atom. The first-order valence-corrected chi connectivity index (χ1v) is 6.85. The smallest absolute Gasteiger partial charge is 0.312 e. The van der Waals surface area contributed by atoms with Crippen molar-refractivity contribution < 1.29 is 9.90 Å². The fourth-order valence-electron chi connectivity index (χ4n) is 1.73. The summed E-state index contributed by atoms with van der Waals surface area (Å²) in [5.74, 6) is -1.35. The van der Waals surface area contributed by atoms with Crippen LogP contribution in [0.3, 0.4) is 0 Å². The minimum atomic E-state index is -0.824. The van der Waals surface area contributed by atoms with Gasteiger partial charge in [-0.05, 0) is 26.0 Å². The molecule has 2 rings (SSSR count). The zero-order chi connectivity index (χ0) is 14.0. The minimum Gasteiger partial charge on any atom is -0.481 e. The molecule has 2 aromatic rings. The second kappa shape index (κ2) is 5.40. The standard InChI is InChI=1S/C14H16N2O2S/c1-9-4-6-11(7-5-9)15-14-16(3)12(8-19-14)10(2)13(17)18/h4-8,10H,1-3H3,(H,17,18)/b15-14+. The maximum absolute atomic E-state index is 11.0. The second-order valence-electron chi connectivity index (χ2n) is 4.51. The number of aliphatic carboxylic acids is 1. The first-order chi connectivity index (χ1) is 8.99. The summed E-state index contributed by atoms with van der Waals surface area (Å²) < 4.78 is 1.84. The number of aryl methyl sites for hydroxylation is 1. The largest absolute Gasteiger partial charge is 0.481 e. The van der Waals surface area contributed by atoms with Gasteiger partial charge in [-0.1, -0.05) is 17.7 Å². The summed E-state index contributed by atoms with van der Waals surface area (Å²) in [6, 6.07) is 7.92. The van der Waals surface area contributed by atoms with Crippen LogP contribution in [0.25, 0.3) is 0 Å². The SMILES string of the molecule is Cc1ccc(/N=c2/scc(C(C)C(=O)O)n2C)cc1. The molecule has 1 heterocycles. The molecule has 0 aliphatic carbocycles. The van der Waals surface area contributed by atoms with Crippen molar-refractivity contribution in [2.45, 2.75) is 19.8 Å². The number of carbonyl (C=O) groups is 1. The normalized spacial score (nSPS) is 13.5.